The molecule has 0 aliphatic heterocycles. The predicted molar refractivity (Wildman–Crippen MR) is 76.8 cm³/mol. The lowest BCUT2D eigenvalue weighted by atomic mass is 10.00. The first-order valence-corrected chi connectivity index (χ1v) is 6.60. The zero-order valence-corrected chi connectivity index (χ0v) is 12.0. The summed E-state index contributed by atoms with van der Waals surface area (Å²) in [6, 6.07) is 9.73. The lowest BCUT2D eigenvalue weighted by Crippen LogP contribution is -2.06. The summed E-state index contributed by atoms with van der Waals surface area (Å²) in [5.74, 6) is 0.318. The highest BCUT2D eigenvalue weighted by Crippen LogP contribution is 2.21. The maximum Gasteiger partial charge on any atom is 0.146 e. The van der Waals surface area contributed by atoms with Crippen LogP contribution in [0.15, 0.2) is 42.0 Å². The first kappa shape index (κ1) is 15.9. The summed E-state index contributed by atoms with van der Waals surface area (Å²) in [6.07, 6.45) is 2.35. The summed E-state index contributed by atoms with van der Waals surface area (Å²) in [5, 5.41) is 10.1. The van der Waals surface area contributed by atoms with Gasteiger partial charge in [0.05, 0.1) is 12.7 Å². The van der Waals surface area contributed by atoms with E-state index in [-0.39, 0.29) is 0 Å². The fourth-order valence-electron chi connectivity index (χ4n) is 2.02. The molecule has 0 aromatic heterocycles. The normalized spacial score (nSPS) is 15.3. The van der Waals surface area contributed by atoms with E-state index in [0.717, 1.165) is 5.56 Å². The Bertz CT molecular complexity index is 373. The molecule has 0 bridgehead atoms. The second-order valence-corrected chi connectivity index (χ2v) is 4.90. The SMILES string of the molecule is COCOC[C@H](C)/C=C(\C)C[C@@H](O)c1ccccc1. The van der Waals surface area contributed by atoms with Gasteiger partial charge in [0.15, 0.2) is 0 Å². The number of rotatable bonds is 8. The van der Waals surface area contributed by atoms with Crippen LogP contribution in [0.4, 0.5) is 0 Å². The molecule has 0 fully saturated rings. The van der Waals surface area contributed by atoms with Gasteiger partial charge in [0, 0.05) is 7.11 Å². The van der Waals surface area contributed by atoms with Crippen LogP contribution in [-0.2, 0) is 9.47 Å². The van der Waals surface area contributed by atoms with Gasteiger partial charge in [-0.15, -0.1) is 0 Å². The number of benzene rings is 1. The Hall–Kier alpha value is -1.16. The van der Waals surface area contributed by atoms with Crippen molar-refractivity contribution in [1.82, 2.24) is 0 Å². The number of methoxy groups -OCH3 is 1. The van der Waals surface area contributed by atoms with Gasteiger partial charge in [0.25, 0.3) is 0 Å². The lowest BCUT2D eigenvalue weighted by molar-refractivity contribution is -0.0372. The lowest BCUT2D eigenvalue weighted by Gasteiger charge is -2.13. The molecule has 19 heavy (non-hydrogen) atoms. The van der Waals surface area contributed by atoms with Gasteiger partial charge in [0.2, 0.25) is 0 Å². The zero-order chi connectivity index (χ0) is 14.1. The summed E-state index contributed by atoms with van der Waals surface area (Å²) in [6.45, 7) is 5.09. The number of hydrogen-bond donors (Lipinski definition) is 1. The molecule has 0 aliphatic carbocycles. The smallest absolute Gasteiger partial charge is 0.146 e. The van der Waals surface area contributed by atoms with Gasteiger partial charge in [-0.25, -0.2) is 0 Å². The minimum atomic E-state index is -0.440. The van der Waals surface area contributed by atoms with Gasteiger partial charge >= 0.3 is 0 Å². The van der Waals surface area contributed by atoms with Crippen molar-refractivity contribution in [3.63, 3.8) is 0 Å². The van der Waals surface area contributed by atoms with Crippen molar-refractivity contribution in [2.75, 3.05) is 20.5 Å². The molecule has 3 nitrogen and oxygen atoms in total. The predicted octanol–water partition coefficient (Wildman–Crippen LogP) is 3.31. The van der Waals surface area contributed by atoms with E-state index in [1.165, 1.54) is 5.57 Å². The maximum atomic E-state index is 10.1. The monoisotopic (exact) mass is 264 g/mol. The molecule has 0 spiro atoms. The first-order valence-electron chi connectivity index (χ1n) is 6.60. The molecule has 1 N–H and O–H groups in total. The molecule has 1 aromatic carbocycles. The van der Waals surface area contributed by atoms with Crippen LogP contribution in [0.5, 0.6) is 0 Å². The van der Waals surface area contributed by atoms with Crippen LogP contribution in [0, 0.1) is 5.92 Å². The molecule has 2 atom stereocenters. The topological polar surface area (TPSA) is 38.7 Å². The van der Waals surface area contributed by atoms with Crippen LogP contribution < -0.4 is 0 Å². The van der Waals surface area contributed by atoms with Crippen molar-refractivity contribution in [2.45, 2.75) is 26.4 Å². The van der Waals surface area contributed by atoms with Crippen LogP contribution in [0.3, 0.4) is 0 Å². The summed E-state index contributed by atoms with van der Waals surface area (Å²) in [7, 11) is 1.61. The van der Waals surface area contributed by atoms with E-state index in [9.17, 15) is 5.11 Å². The molecule has 1 rings (SSSR count). The zero-order valence-electron chi connectivity index (χ0n) is 12.0. The highest BCUT2D eigenvalue weighted by Gasteiger charge is 2.08. The van der Waals surface area contributed by atoms with Gasteiger partial charge < -0.3 is 14.6 Å². The Morgan fingerprint density at radius 2 is 2.00 bits per heavy atom. The summed E-state index contributed by atoms with van der Waals surface area (Å²) in [4.78, 5) is 0. The molecule has 0 amide bonds. The fraction of sp³-hybridized carbons (Fsp3) is 0.500. The van der Waals surface area contributed by atoms with Crippen molar-refractivity contribution >= 4 is 0 Å². The Morgan fingerprint density at radius 1 is 1.32 bits per heavy atom. The van der Waals surface area contributed by atoms with Crippen molar-refractivity contribution in [3.05, 3.63) is 47.5 Å². The standard InChI is InChI=1S/C16H24O3/c1-13(9-14(2)11-19-12-18-3)10-16(17)15-7-5-4-6-8-15/h4-9,14,16-17H,10-12H2,1-3H3/b13-9+/t14-,16-/m1/s1. The van der Waals surface area contributed by atoms with Crippen LogP contribution in [0.1, 0.15) is 31.9 Å². The largest absolute Gasteiger partial charge is 0.388 e. The minimum absolute atomic E-state index is 0.318. The van der Waals surface area contributed by atoms with Crippen molar-refractivity contribution in [1.29, 1.82) is 0 Å². The Balaban J connectivity index is 2.42. The molecule has 106 valence electrons. The first-order chi connectivity index (χ1) is 9.13. The minimum Gasteiger partial charge on any atom is -0.388 e. The van der Waals surface area contributed by atoms with E-state index in [4.69, 9.17) is 9.47 Å². The van der Waals surface area contributed by atoms with Gasteiger partial charge in [0.1, 0.15) is 6.79 Å². The average Bonchev–Trinajstić information content (AvgIpc) is 2.39. The van der Waals surface area contributed by atoms with Crippen LogP contribution >= 0.6 is 0 Å². The van der Waals surface area contributed by atoms with Crippen LogP contribution in [0.2, 0.25) is 0 Å². The second-order valence-electron chi connectivity index (χ2n) is 4.90. The third-order valence-electron chi connectivity index (χ3n) is 2.85. The maximum absolute atomic E-state index is 10.1. The summed E-state index contributed by atoms with van der Waals surface area (Å²) >= 11 is 0. The highest BCUT2D eigenvalue weighted by molar-refractivity contribution is 5.19. The highest BCUT2D eigenvalue weighted by atomic mass is 16.7. The molecule has 0 saturated heterocycles. The van der Waals surface area contributed by atoms with Gasteiger partial charge in [-0.05, 0) is 24.8 Å². The van der Waals surface area contributed by atoms with Gasteiger partial charge in [-0.2, -0.15) is 0 Å². The van der Waals surface area contributed by atoms with Crippen LogP contribution in [0.25, 0.3) is 0 Å². The Morgan fingerprint density at radius 3 is 2.63 bits per heavy atom. The number of aliphatic hydroxyl groups is 1. The molecular weight excluding hydrogens is 240 g/mol. The Kier molecular flexibility index (Phi) is 7.41. The third kappa shape index (κ3) is 6.53. The van der Waals surface area contributed by atoms with Crippen molar-refractivity contribution in [2.24, 2.45) is 5.92 Å². The van der Waals surface area contributed by atoms with E-state index < -0.39 is 6.10 Å². The van der Waals surface area contributed by atoms with E-state index in [1.54, 1.807) is 7.11 Å². The second kappa shape index (κ2) is 8.86. The average molecular weight is 264 g/mol. The third-order valence-corrected chi connectivity index (χ3v) is 2.85. The molecule has 3 heteroatoms. The molecule has 0 saturated carbocycles. The van der Waals surface area contributed by atoms with Crippen molar-refractivity contribution < 1.29 is 14.6 Å². The van der Waals surface area contributed by atoms with Crippen molar-refractivity contribution in [3.8, 4) is 0 Å². The summed E-state index contributed by atoms with van der Waals surface area (Å²) < 4.78 is 10.1. The molecule has 1 aromatic rings. The van der Waals surface area contributed by atoms with Gasteiger partial charge in [-0.1, -0.05) is 48.9 Å². The molecule has 0 radical (unpaired) electrons. The molecule has 0 aliphatic rings. The molecule has 0 heterocycles. The number of hydrogen-bond acceptors (Lipinski definition) is 3. The fourth-order valence-corrected chi connectivity index (χ4v) is 2.02. The van der Waals surface area contributed by atoms with E-state index in [0.29, 0.717) is 25.7 Å². The van der Waals surface area contributed by atoms with E-state index >= 15 is 0 Å². The van der Waals surface area contributed by atoms with Gasteiger partial charge in [-0.3, -0.25) is 0 Å². The van der Waals surface area contributed by atoms with Crippen LogP contribution in [-0.4, -0.2) is 25.6 Å². The van der Waals surface area contributed by atoms with E-state index in [1.807, 2.05) is 37.3 Å². The molecular formula is C16H24O3. The molecule has 0 unspecified atom stereocenters. The van der Waals surface area contributed by atoms with E-state index in [2.05, 4.69) is 13.0 Å². The summed E-state index contributed by atoms with van der Waals surface area (Å²) in [5.41, 5.74) is 2.13. The quantitative estimate of drug-likeness (QED) is 0.445. The number of aliphatic hydroxyl groups excluding tert-OH is 1. The Labute approximate surface area is 115 Å². The number of ether oxygens (including phenoxy) is 2.